The number of esters is 1. The van der Waals surface area contributed by atoms with Gasteiger partial charge < -0.3 is 19.5 Å². The number of nitrogens with one attached hydrogen (secondary N) is 1. The van der Waals surface area contributed by atoms with E-state index in [-0.39, 0.29) is 5.97 Å². The summed E-state index contributed by atoms with van der Waals surface area (Å²) in [4.78, 5) is 11.7. The fourth-order valence-electron chi connectivity index (χ4n) is 1.98. The first-order valence-electron chi connectivity index (χ1n) is 7.37. The molecule has 0 radical (unpaired) electrons. The van der Waals surface area contributed by atoms with Gasteiger partial charge in [0.1, 0.15) is 11.5 Å². The van der Waals surface area contributed by atoms with Crippen molar-refractivity contribution in [1.82, 2.24) is 5.32 Å². The van der Waals surface area contributed by atoms with E-state index >= 15 is 0 Å². The number of hydrogen-bond donors (Lipinski definition) is 1. The molecule has 0 spiro atoms. The lowest BCUT2D eigenvalue weighted by molar-refractivity contribution is -0.150. The summed E-state index contributed by atoms with van der Waals surface area (Å²) in [5.41, 5.74) is 0.984. The maximum atomic E-state index is 11.7. The van der Waals surface area contributed by atoms with Crippen LogP contribution in [0.15, 0.2) is 18.2 Å². The number of carbonyl (C=O) groups is 1. The van der Waals surface area contributed by atoms with Crippen LogP contribution in [0.3, 0.4) is 0 Å². The summed E-state index contributed by atoms with van der Waals surface area (Å²) >= 11 is 0. The van der Waals surface area contributed by atoms with Crippen LogP contribution in [0.2, 0.25) is 0 Å². The maximum Gasteiger partial charge on any atom is 0.347 e. The van der Waals surface area contributed by atoms with E-state index in [1.54, 1.807) is 21.0 Å². The summed E-state index contributed by atoms with van der Waals surface area (Å²) in [5.74, 6) is 1.11. The van der Waals surface area contributed by atoms with Gasteiger partial charge in [0, 0.05) is 18.2 Å². The van der Waals surface area contributed by atoms with Crippen LogP contribution in [0.5, 0.6) is 11.5 Å². The Balaban J connectivity index is 2.06. The topological polar surface area (TPSA) is 56.8 Å². The molecule has 5 heteroatoms. The minimum atomic E-state index is -0.627. The molecule has 1 unspecified atom stereocenters. The van der Waals surface area contributed by atoms with Gasteiger partial charge in [0.25, 0.3) is 0 Å². The number of rotatable bonds is 8. The van der Waals surface area contributed by atoms with E-state index in [0.29, 0.717) is 24.9 Å². The minimum Gasteiger partial charge on any atom is -0.497 e. The summed E-state index contributed by atoms with van der Waals surface area (Å²) in [6.07, 6.45) is 1.82. The highest BCUT2D eigenvalue weighted by Gasteiger charge is 2.22. The number of methoxy groups -OCH3 is 1. The van der Waals surface area contributed by atoms with Gasteiger partial charge >= 0.3 is 5.97 Å². The van der Waals surface area contributed by atoms with Crippen LogP contribution in [-0.4, -0.2) is 31.8 Å². The van der Waals surface area contributed by atoms with Crippen molar-refractivity contribution in [3.05, 3.63) is 23.8 Å². The van der Waals surface area contributed by atoms with E-state index in [0.717, 1.165) is 11.3 Å². The number of carbonyl (C=O) groups excluding carboxylic acids is 1. The van der Waals surface area contributed by atoms with Crippen LogP contribution in [0.25, 0.3) is 0 Å². The van der Waals surface area contributed by atoms with Crippen LogP contribution < -0.4 is 14.8 Å². The third kappa shape index (κ3) is 4.63. The fourth-order valence-corrected chi connectivity index (χ4v) is 1.98. The molecular weight excluding hydrogens is 270 g/mol. The molecule has 1 aromatic rings. The van der Waals surface area contributed by atoms with Crippen LogP contribution in [0, 0.1) is 0 Å². The SMILES string of the molecule is CCOC(=O)C(C)Oc1ccc(OC)cc1CNC1CC1. The molecule has 0 heterocycles. The normalized spacial score (nSPS) is 15.4. The monoisotopic (exact) mass is 293 g/mol. The molecule has 0 saturated heterocycles. The molecule has 5 nitrogen and oxygen atoms in total. The third-order valence-electron chi connectivity index (χ3n) is 3.35. The summed E-state index contributed by atoms with van der Waals surface area (Å²) in [7, 11) is 1.63. The smallest absolute Gasteiger partial charge is 0.347 e. The largest absolute Gasteiger partial charge is 0.497 e. The summed E-state index contributed by atoms with van der Waals surface area (Å²) in [6.45, 7) is 4.53. The first-order chi connectivity index (χ1) is 10.1. The first kappa shape index (κ1) is 15.6. The van der Waals surface area contributed by atoms with Gasteiger partial charge in [-0.3, -0.25) is 0 Å². The lowest BCUT2D eigenvalue weighted by atomic mass is 10.2. The molecule has 1 fully saturated rings. The van der Waals surface area contributed by atoms with E-state index in [1.807, 2.05) is 18.2 Å². The van der Waals surface area contributed by atoms with Gasteiger partial charge in [0.05, 0.1) is 13.7 Å². The van der Waals surface area contributed by atoms with Crippen molar-refractivity contribution in [3.8, 4) is 11.5 Å². The quantitative estimate of drug-likeness (QED) is 0.745. The van der Waals surface area contributed by atoms with Crippen LogP contribution in [0.1, 0.15) is 32.3 Å². The Bertz CT molecular complexity index is 485. The zero-order valence-electron chi connectivity index (χ0n) is 12.8. The van der Waals surface area contributed by atoms with Crippen molar-refractivity contribution in [2.24, 2.45) is 0 Å². The Morgan fingerprint density at radius 3 is 2.81 bits per heavy atom. The summed E-state index contributed by atoms with van der Waals surface area (Å²) in [5, 5.41) is 3.44. The van der Waals surface area contributed by atoms with Crippen molar-refractivity contribution in [2.45, 2.75) is 45.4 Å². The highest BCUT2D eigenvalue weighted by atomic mass is 16.6. The molecule has 0 bridgehead atoms. The standard InChI is InChI=1S/C16H23NO4/c1-4-20-16(18)11(2)21-15-8-7-14(19-3)9-12(15)10-17-13-5-6-13/h7-9,11,13,17H,4-6,10H2,1-3H3. The van der Waals surface area contributed by atoms with E-state index in [4.69, 9.17) is 14.2 Å². The van der Waals surface area contributed by atoms with Crippen molar-refractivity contribution in [2.75, 3.05) is 13.7 Å². The Morgan fingerprint density at radius 1 is 1.43 bits per heavy atom. The number of ether oxygens (including phenoxy) is 3. The zero-order chi connectivity index (χ0) is 15.2. The van der Waals surface area contributed by atoms with Gasteiger partial charge in [0.15, 0.2) is 6.10 Å². The first-order valence-corrected chi connectivity index (χ1v) is 7.37. The predicted molar refractivity (Wildman–Crippen MR) is 79.6 cm³/mol. The van der Waals surface area contributed by atoms with E-state index in [1.165, 1.54) is 12.8 Å². The summed E-state index contributed by atoms with van der Waals surface area (Å²) in [6, 6.07) is 6.20. The van der Waals surface area contributed by atoms with Gasteiger partial charge in [-0.1, -0.05) is 0 Å². The highest BCUT2D eigenvalue weighted by Crippen LogP contribution is 2.27. The van der Waals surface area contributed by atoms with Gasteiger partial charge in [-0.2, -0.15) is 0 Å². The zero-order valence-corrected chi connectivity index (χ0v) is 12.8. The lowest BCUT2D eigenvalue weighted by Crippen LogP contribution is -2.27. The number of hydrogen-bond acceptors (Lipinski definition) is 5. The van der Waals surface area contributed by atoms with Gasteiger partial charge in [0.2, 0.25) is 0 Å². The van der Waals surface area contributed by atoms with Crippen molar-refractivity contribution < 1.29 is 19.0 Å². The van der Waals surface area contributed by atoms with Crippen molar-refractivity contribution in [1.29, 1.82) is 0 Å². The van der Waals surface area contributed by atoms with Gasteiger partial charge in [-0.25, -0.2) is 4.79 Å². The maximum absolute atomic E-state index is 11.7. The molecule has 1 aliphatic rings. The fraction of sp³-hybridized carbons (Fsp3) is 0.562. The molecule has 1 saturated carbocycles. The van der Waals surface area contributed by atoms with Gasteiger partial charge in [-0.15, -0.1) is 0 Å². The molecule has 2 rings (SSSR count). The Morgan fingerprint density at radius 2 is 2.19 bits per heavy atom. The van der Waals surface area contributed by atoms with E-state index < -0.39 is 6.10 Å². The van der Waals surface area contributed by atoms with Gasteiger partial charge in [-0.05, 0) is 44.9 Å². The van der Waals surface area contributed by atoms with Crippen LogP contribution in [-0.2, 0) is 16.1 Å². The predicted octanol–water partition coefficient (Wildman–Crippen LogP) is 2.28. The second-order valence-electron chi connectivity index (χ2n) is 5.14. The molecule has 0 aromatic heterocycles. The molecule has 116 valence electrons. The molecule has 0 amide bonds. The molecular formula is C16H23NO4. The molecule has 1 atom stereocenters. The minimum absolute atomic E-state index is 0.352. The van der Waals surface area contributed by atoms with Crippen molar-refractivity contribution >= 4 is 5.97 Å². The molecule has 21 heavy (non-hydrogen) atoms. The molecule has 1 aromatic carbocycles. The Hall–Kier alpha value is -1.75. The van der Waals surface area contributed by atoms with E-state index in [2.05, 4.69) is 5.32 Å². The Labute approximate surface area is 125 Å². The number of benzene rings is 1. The average molecular weight is 293 g/mol. The third-order valence-corrected chi connectivity index (χ3v) is 3.35. The second-order valence-corrected chi connectivity index (χ2v) is 5.14. The lowest BCUT2D eigenvalue weighted by Gasteiger charge is -2.17. The summed E-state index contributed by atoms with van der Waals surface area (Å²) < 4.78 is 16.0. The molecule has 1 aliphatic carbocycles. The highest BCUT2D eigenvalue weighted by molar-refractivity contribution is 5.74. The van der Waals surface area contributed by atoms with Crippen molar-refractivity contribution in [3.63, 3.8) is 0 Å². The Kier molecular flexibility index (Phi) is 5.44. The molecule has 0 aliphatic heterocycles. The van der Waals surface area contributed by atoms with Crippen LogP contribution >= 0.6 is 0 Å². The average Bonchev–Trinajstić information content (AvgIpc) is 3.30. The molecule has 1 N–H and O–H groups in total. The second kappa shape index (κ2) is 7.31. The van der Waals surface area contributed by atoms with Crippen LogP contribution in [0.4, 0.5) is 0 Å². The van der Waals surface area contributed by atoms with E-state index in [9.17, 15) is 4.79 Å².